The highest BCUT2D eigenvalue weighted by Gasteiger charge is 2.27. The van der Waals surface area contributed by atoms with Crippen LogP contribution < -0.4 is 0 Å². The molecule has 0 aliphatic carbocycles. The summed E-state index contributed by atoms with van der Waals surface area (Å²) in [6, 6.07) is -0.196. The van der Waals surface area contributed by atoms with E-state index in [9.17, 15) is 4.79 Å². The van der Waals surface area contributed by atoms with E-state index in [0.29, 0.717) is 6.54 Å². The summed E-state index contributed by atoms with van der Waals surface area (Å²) in [4.78, 5) is 15.8. The van der Waals surface area contributed by atoms with Crippen LogP contribution in [0, 0.1) is 0 Å². The van der Waals surface area contributed by atoms with Crippen LogP contribution in [0.4, 0.5) is 4.79 Å². The molecule has 0 radical (unpaired) electrons. The van der Waals surface area contributed by atoms with E-state index in [1.54, 1.807) is 0 Å². The molecule has 0 bridgehead atoms. The number of carbonyl (C=O) groups excluding carboxylic acids is 1. The standard InChI is InChI=1S/C7H13NO4/c9-5-6-3-1-2-4-8(6)7(10)12-11/h6,9,11H,1-5H2. The van der Waals surface area contributed by atoms with Gasteiger partial charge in [-0.05, 0) is 19.3 Å². The lowest BCUT2D eigenvalue weighted by atomic mass is 10.0. The highest BCUT2D eigenvalue weighted by molar-refractivity contribution is 5.67. The Kier molecular flexibility index (Phi) is 3.31. The Bertz CT molecular complexity index is 161. The predicted octanol–water partition coefficient (Wildman–Crippen LogP) is 0.443. The number of likely N-dealkylation sites (tertiary alicyclic amines) is 1. The molecule has 1 rings (SSSR count). The molecule has 1 fully saturated rings. The fourth-order valence-corrected chi connectivity index (χ4v) is 1.48. The zero-order valence-corrected chi connectivity index (χ0v) is 6.77. The van der Waals surface area contributed by atoms with Crippen molar-refractivity contribution in [2.75, 3.05) is 13.2 Å². The summed E-state index contributed by atoms with van der Waals surface area (Å²) >= 11 is 0. The van der Waals surface area contributed by atoms with Gasteiger partial charge in [-0.3, -0.25) is 4.89 Å². The number of hydrogen-bond acceptors (Lipinski definition) is 4. The molecule has 0 aromatic heterocycles. The van der Waals surface area contributed by atoms with E-state index < -0.39 is 6.09 Å². The molecule has 5 heteroatoms. The molecule has 1 aliphatic rings. The second-order valence-corrected chi connectivity index (χ2v) is 2.88. The van der Waals surface area contributed by atoms with Crippen molar-refractivity contribution in [1.82, 2.24) is 4.90 Å². The van der Waals surface area contributed by atoms with Crippen molar-refractivity contribution >= 4 is 6.09 Å². The van der Waals surface area contributed by atoms with Gasteiger partial charge < -0.3 is 10.0 Å². The first-order valence-electron chi connectivity index (χ1n) is 4.02. The highest BCUT2D eigenvalue weighted by Crippen LogP contribution is 2.16. The molecule has 0 aromatic rings. The van der Waals surface area contributed by atoms with Gasteiger partial charge in [-0.15, -0.1) is 0 Å². The summed E-state index contributed by atoms with van der Waals surface area (Å²) < 4.78 is 0. The third kappa shape index (κ3) is 1.86. The van der Waals surface area contributed by atoms with Crippen LogP contribution in [0.1, 0.15) is 19.3 Å². The van der Waals surface area contributed by atoms with Gasteiger partial charge in [0, 0.05) is 6.54 Å². The molecule has 70 valence electrons. The van der Waals surface area contributed by atoms with Gasteiger partial charge in [-0.1, -0.05) is 0 Å². The fourth-order valence-electron chi connectivity index (χ4n) is 1.48. The maximum Gasteiger partial charge on any atom is 0.441 e. The number of hydrogen-bond donors (Lipinski definition) is 2. The first-order chi connectivity index (χ1) is 5.79. The number of aliphatic hydroxyl groups is 1. The SMILES string of the molecule is O=C(OO)N1CCCCC1CO. The zero-order chi connectivity index (χ0) is 8.97. The summed E-state index contributed by atoms with van der Waals surface area (Å²) in [6.45, 7) is 0.472. The molecule has 1 atom stereocenters. The van der Waals surface area contributed by atoms with Gasteiger partial charge in [0.2, 0.25) is 0 Å². The number of amides is 1. The van der Waals surface area contributed by atoms with Crippen LogP contribution in [0.3, 0.4) is 0 Å². The van der Waals surface area contributed by atoms with Crippen molar-refractivity contribution in [2.45, 2.75) is 25.3 Å². The van der Waals surface area contributed by atoms with E-state index >= 15 is 0 Å². The molecule has 2 N–H and O–H groups in total. The first kappa shape index (κ1) is 9.28. The van der Waals surface area contributed by atoms with Crippen molar-refractivity contribution < 1.29 is 20.0 Å². The molecule has 0 spiro atoms. The lowest BCUT2D eigenvalue weighted by Crippen LogP contribution is -2.45. The molecule has 0 saturated carbocycles. The number of carbonyl (C=O) groups is 1. The first-order valence-corrected chi connectivity index (χ1v) is 4.02. The fraction of sp³-hybridized carbons (Fsp3) is 0.857. The number of aliphatic hydroxyl groups excluding tert-OH is 1. The minimum Gasteiger partial charge on any atom is -0.394 e. The summed E-state index contributed by atoms with van der Waals surface area (Å²) in [7, 11) is 0. The van der Waals surface area contributed by atoms with Crippen LogP contribution in [0.15, 0.2) is 0 Å². The molecule has 1 unspecified atom stereocenters. The molecule has 1 saturated heterocycles. The molecule has 5 nitrogen and oxygen atoms in total. The van der Waals surface area contributed by atoms with Crippen LogP contribution in [-0.2, 0) is 4.89 Å². The van der Waals surface area contributed by atoms with E-state index in [0.717, 1.165) is 19.3 Å². The topological polar surface area (TPSA) is 70.0 Å². The maximum atomic E-state index is 10.9. The summed E-state index contributed by atoms with van der Waals surface area (Å²) in [5, 5.41) is 17.0. The number of rotatable bonds is 1. The van der Waals surface area contributed by atoms with E-state index in [1.165, 1.54) is 4.90 Å². The lowest BCUT2D eigenvalue weighted by molar-refractivity contribution is -0.191. The third-order valence-electron chi connectivity index (χ3n) is 2.15. The molecule has 1 amide bonds. The Labute approximate surface area is 70.5 Å². The Morgan fingerprint density at radius 3 is 2.92 bits per heavy atom. The second-order valence-electron chi connectivity index (χ2n) is 2.88. The Hall–Kier alpha value is -0.810. The predicted molar refractivity (Wildman–Crippen MR) is 40.5 cm³/mol. The van der Waals surface area contributed by atoms with Gasteiger partial charge in [-0.2, -0.15) is 5.26 Å². The van der Waals surface area contributed by atoms with Crippen molar-refractivity contribution in [3.8, 4) is 0 Å². The average molecular weight is 175 g/mol. The van der Waals surface area contributed by atoms with Gasteiger partial charge >= 0.3 is 6.09 Å². The second kappa shape index (κ2) is 4.27. The number of piperidine rings is 1. The van der Waals surface area contributed by atoms with E-state index in [2.05, 4.69) is 4.89 Å². The quantitative estimate of drug-likeness (QED) is 0.448. The summed E-state index contributed by atoms with van der Waals surface area (Å²) in [5.41, 5.74) is 0. The average Bonchev–Trinajstić information content (AvgIpc) is 2.16. The van der Waals surface area contributed by atoms with Gasteiger partial charge in [0.1, 0.15) is 0 Å². The van der Waals surface area contributed by atoms with Gasteiger partial charge in [-0.25, -0.2) is 4.79 Å². The Morgan fingerprint density at radius 1 is 1.58 bits per heavy atom. The normalized spacial score (nSPS) is 23.8. The lowest BCUT2D eigenvalue weighted by Gasteiger charge is -2.32. The molecule has 1 aliphatic heterocycles. The molecule has 0 aromatic carbocycles. The molecular weight excluding hydrogens is 162 g/mol. The monoisotopic (exact) mass is 175 g/mol. The summed E-state index contributed by atoms with van der Waals surface area (Å²) in [5.74, 6) is 0. The summed E-state index contributed by atoms with van der Waals surface area (Å²) in [6.07, 6.45) is 1.89. The smallest absolute Gasteiger partial charge is 0.394 e. The largest absolute Gasteiger partial charge is 0.441 e. The van der Waals surface area contributed by atoms with Crippen LogP contribution in [-0.4, -0.2) is 40.6 Å². The van der Waals surface area contributed by atoms with E-state index in [4.69, 9.17) is 10.4 Å². The van der Waals surface area contributed by atoms with Crippen molar-refractivity contribution in [3.63, 3.8) is 0 Å². The van der Waals surface area contributed by atoms with Crippen LogP contribution in [0.25, 0.3) is 0 Å². The third-order valence-corrected chi connectivity index (χ3v) is 2.15. The molecular formula is C7H13NO4. The van der Waals surface area contributed by atoms with Crippen molar-refractivity contribution in [2.24, 2.45) is 0 Å². The minimum absolute atomic E-state index is 0.0743. The van der Waals surface area contributed by atoms with Crippen molar-refractivity contribution in [3.05, 3.63) is 0 Å². The van der Waals surface area contributed by atoms with Crippen LogP contribution in [0.5, 0.6) is 0 Å². The minimum atomic E-state index is -0.770. The Balaban J connectivity index is 2.52. The van der Waals surface area contributed by atoms with E-state index in [-0.39, 0.29) is 12.6 Å². The van der Waals surface area contributed by atoms with Gasteiger partial charge in [0.05, 0.1) is 12.6 Å². The Morgan fingerprint density at radius 2 is 2.33 bits per heavy atom. The van der Waals surface area contributed by atoms with Crippen LogP contribution in [0.2, 0.25) is 0 Å². The molecule has 12 heavy (non-hydrogen) atoms. The van der Waals surface area contributed by atoms with Gasteiger partial charge in [0.25, 0.3) is 0 Å². The van der Waals surface area contributed by atoms with Crippen LogP contribution >= 0.6 is 0 Å². The maximum absolute atomic E-state index is 10.9. The van der Waals surface area contributed by atoms with E-state index in [1.807, 2.05) is 0 Å². The van der Waals surface area contributed by atoms with Gasteiger partial charge in [0.15, 0.2) is 0 Å². The van der Waals surface area contributed by atoms with Crippen molar-refractivity contribution in [1.29, 1.82) is 0 Å². The zero-order valence-electron chi connectivity index (χ0n) is 6.77. The highest BCUT2D eigenvalue weighted by atomic mass is 17.1. The molecule has 1 heterocycles. The number of nitrogens with zero attached hydrogens (tertiary/aromatic N) is 1.